The van der Waals surface area contributed by atoms with Crippen molar-refractivity contribution < 1.29 is 8.85 Å². The molecule has 0 aliphatic rings. The summed E-state index contributed by atoms with van der Waals surface area (Å²) in [4.78, 5) is 0. The highest BCUT2D eigenvalue weighted by Gasteiger charge is 2.36. The molecule has 0 fully saturated rings. The maximum Gasteiger partial charge on any atom is 0.448 e. The van der Waals surface area contributed by atoms with Gasteiger partial charge in [0.2, 0.25) is 0 Å². The van der Waals surface area contributed by atoms with Crippen molar-refractivity contribution in [2.75, 3.05) is 13.2 Å². The lowest BCUT2D eigenvalue weighted by molar-refractivity contribution is 0.210. The Labute approximate surface area is 100 Å². The summed E-state index contributed by atoms with van der Waals surface area (Å²) in [5.41, 5.74) is 0. The van der Waals surface area contributed by atoms with Crippen LogP contribution in [0.3, 0.4) is 0 Å². The molecule has 0 aromatic heterocycles. The molecule has 15 heavy (non-hydrogen) atoms. The fourth-order valence-electron chi connectivity index (χ4n) is 1.26. The maximum absolute atomic E-state index is 5.84. The third kappa shape index (κ3) is 3.72. The van der Waals surface area contributed by atoms with E-state index in [2.05, 4.69) is 22.2 Å². The Kier molecular flexibility index (Phi) is 5.53. The second-order valence-electron chi connectivity index (χ2n) is 3.18. The smallest absolute Gasteiger partial charge is 0.383 e. The molecule has 2 nitrogen and oxygen atoms in total. The van der Waals surface area contributed by atoms with Gasteiger partial charge < -0.3 is 8.85 Å². The second kappa shape index (κ2) is 6.43. The van der Waals surface area contributed by atoms with E-state index in [1.54, 1.807) is 0 Å². The lowest BCUT2D eigenvalue weighted by Gasteiger charge is -2.24. The summed E-state index contributed by atoms with van der Waals surface area (Å²) in [5, 5.41) is 1.13. The van der Waals surface area contributed by atoms with Crippen LogP contribution in [0.4, 0.5) is 0 Å². The minimum absolute atomic E-state index is 0.663. The van der Waals surface area contributed by atoms with E-state index < -0.39 is 7.18 Å². The zero-order chi connectivity index (χ0) is 11.1. The summed E-state index contributed by atoms with van der Waals surface area (Å²) in [7, 11) is -2.33. The standard InChI is InChI=1S/C11H17BrO2Si/c1-3-10-14-15(12,13-4-2)11-8-6-5-7-9-11/h5-9H,3-4,10H2,1-2H3. The Bertz CT molecular complexity index is 281. The van der Waals surface area contributed by atoms with Crippen LogP contribution in [0.5, 0.6) is 0 Å². The zero-order valence-corrected chi connectivity index (χ0v) is 11.8. The van der Waals surface area contributed by atoms with E-state index in [0.29, 0.717) is 6.61 Å². The SMILES string of the molecule is CCCO[Si](Br)(OCC)c1ccccc1. The largest absolute Gasteiger partial charge is 0.448 e. The van der Waals surface area contributed by atoms with Crippen molar-refractivity contribution in [1.29, 1.82) is 0 Å². The average Bonchev–Trinajstić information content (AvgIpc) is 2.28. The van der Waals surface area contributed by atoms with Gasteiger partial charge in [0, 0.05) is 18.4 Å². The molecule has 0 saturated carbocycles. The first-order chi connectivity index (χ1) is 7.23. The number of halogens is 1. The average molecular weight is 289 g/mol. The van der Waals surface area contributed by atoms with Crippen LogP contribution in [0.2, 0.25) is 0 Å². The zero-order valence-electron chi connectivity index (χ0n) is 9.20. The summed E-state index contributed by atoms with van der Waals surface area (Å²) in [6.07, 6.45) is 1.00. The fraction of sp³-hybridized carbons (Fsp3) is 0.455. The molecular weight excluding hydrogens is 272 g/mol. The van der Waals surface area contributed by atoms with E-state index in [-0.39, 0.29) is 0 Å². The molecule has 1 aromatic carbocycles. The van der Waals surface area contributed by atoms with E-state index in [1.165, 1.54) is 0 Å². The molecular formula is C11H17BrO2Si. The molecule has 0 aliphatic carbocycles. The van der Waals surface area contributed by atoms with Crippen LogP contribution in [-0.2, 0) is 8.85 Å². The molecule has 1 atom stereocenters. The topological polar surface area (TPSA) is 18.5 Å². The summed E-state index contributed by atoms with van der Waals surface area (Å²) in [6, 6.07) is 10.1. The van der Waals surface area contributed by atoms with E-state index in [0.717, 1.165) is 18.2 Å². The molecule has 0 bridgehead atoms. The normalized spacial score (nSPS) is 14.9. The monoisotopic (exact) mass is 288 g/mol. The molecule has 0 aliphatic heterocycles. The lowest BCUT2D eigenvalue weighted by Crippen LogP contribution is -2.48. The van der Waals surface area contributed by atoms with Crippen LogP contribution in [0.15, 0.2) is 30.3 Å². The predicted molar refractivity (Wildman–Crippen MR) is 68.6 cm³/mol. The molecule has 0 saturated heterocycles. The van der Waals surface area contributed by atoms with Gasteiger partial charge in [-0.15, -0.1) is 0 Å². The number of hydrogen-bond acceptors (Lipinski definition) is 2. The predicted octanol–water partition coefficient (Wildman–Crippen LogP) is 2.69. The third-order valence-corrected chi connectivity index (χ3v) is 6.95. The van der Waals surface area contributed by atoms with Gasteiger partial charge in [-0.2, -0.15) is 0 Å². The van der Waals surface area contributed by atoms with Crippen molar-refractivity contribution in [3.63, 3.8) is 0 Å². The van der Waals surface area contributed by atoms with Gasteiger partial charge in [-0.25, -0.2) is 0 Å². The van der Waals surface area contributed by atoms with Gasteiger partial charge in [0.25, 0.3) is 0 Å². The van der Waals surface area contributed by atoms with Gasteiger partial charge in [-0.05, 0) is 13.3 Å². The lowest BCUT2D eigenvalue weighted by atomic mass is 10.4. The van der Waals surface area contributed by atoms with Crippen LogP contribution in [0.25, 0.3) is 0 Å². The van der Waals surface area contributed by atoms with Gasteiger partial charge in [0.1, 0.15) is 0 Å². The van der Waals surface area contributed by atoms with Crippen LogP contribution in [-0.4, -0.2) is 20.4 Å². The van der Waals surface area contributed by atoms with Gasteiger partial charge >= 0.3 is 7.18 Å². The number of benzene rings is 1. The maximum atomic E-state index is 5.84. The minimum atomic E-state index is -2.33. The van der Waals surface area contributed by atoms with Crippen LogP contribution in [0, 0.1) is 0 Å². The molecule has 1 rings (SSSR count). The van der Waals surface area contributed by atoms with Crippen molar-refractivity contribution in [3.05, 3.63) is 30.3 Å². The molecule has 0 radical (unpaired) electrons. The highest BCUT2D eigenvalue weighted by molar-refractivity contribution is 9.26. The third-order valence-electron chi connectivity index (χ3n) is 1.94. The molecule has 0 spiro atoms. The molecule has 0 amide bonds. The highest BCUT2D eigenvalue weighted by atomic mass is 79.9. The van der Waals surface area contributed by atoms with Crippen LogP contribution < -0.4 is 5.19 Å². The first-order valence-corrected chi connectivity index (χ1v) is 9.32. The minimum Gasteiger partial charge on any atom is -0.383 e. The van der Waals surface area contributed by atoms with Crippen molar-refractivity contribution >= 4 is 27.7 Å². The van der Waals surface area contributed by atoms with E-state index >= 15 is 0 Å². The molecule has 1 aromatic rings. The summed E-state index contributed by atoms with van der Waals surface area (Å²) in [6.45, 7) is 5.47. The highest BCUT2D eigenvalue weighted by Crippen LogP contribution is 2.16. The van der Waals surface area contributed by atoms with Crippen molar-refractivity contribution in [2.24, 2.45) is 0 Å². The van der Waals surface area contributed by atoms with Crippen LogP contribution >= 0.6 is 15.3 Å². The van der Waals surface area contributed by atoms with Gasteiger partial charge in [-0.1, -0.05) is 52.5 Å². The molecule has 84 valence electrons. The van der Waals surface area contributed by atoms with Gasteiger partial charge in [0.15, 0.2) is 0 Å². The first-order valence-electron chi connectivity index (χ1n) is 5.25. The first kappa shape index (κ1) is 12.9. The molecule has 0 heterocycles. The Hall–Kier alpha value is -0.163. The van der Waals surface area contributed by atoms with E-state index in [4.69, 9.17) is 8.85 Å². The van der Waals surface area contributed by atoms with Crippen molar-refractivity contribution in [3.8, 4) is 0 Å². The Balaban J connectivity index is 2.80. The van der Waals surface area contributed by atoms with E-state index in [1.807, 2.05) is 37.3 Å². The summed E-state index contributed by atoms with van der Waals surface area (Å²) < 4.78 is 11.6. The second-order valence-corrected chi connectivity index (χ2v) is 8.54. The number of rotatable bonds is 6. The summed E-state index contributed by atoms with van der Waals surface area (Å²) >= 11 is 3.65. The van der Waals surface area contributed by atoms with Crippen molar-refractivity contribution in [2.45, 2.75) is 20.3 Å². The summed E-state index contributed by atoms with van der Waals surface area (Å²) in [5.74, 6) is 0. The van der Waals surface area contributed by atoms with Gasteiger partial charge in [0.05, 0.1) is 0 Å². The van der Waals surface area contributed by atoms with Crippen molar-refractivity contribution in [1.82, 2.24) is 0 Å². The molecule has 4 heteroatoms. The Morgan fingerprint density at radius 1 is 1.13 bits per heavy atom. The molecule has 0 N–H and O–H groups in total. The van der Waals surface area contributed by atoms with E-state index in [9.17, 15) is 0 Å². The van der Waals surface area contributed by atoms with Gasteiger partial charge in [-0.3, -0.25) is 0 Å². The molecule has 1 unspecified atom stereocenters. The number of hydrogen-bond donors (Lipinski definition) is 0. The Morgan fingerprint density at radius 3 is 2.33 bits per heavy atom. The fourth-order valence-corrected chi connectivity index (χ4v) is 5.08. The Morgan fingerprint density at radius 2 is 1.80 bits per heavy atom. The van der Waals surface area contributed by atoms with Crippen LogP contribution in [0.1, 0.15) is 20.3 Å². The quantitative estimate of drug-likeness (QED) is 0.592.